The largest absolute Gasteiger partial charge is 0.361 e. The van der Waals surface area contributed by atoms with Crippen LogP contribution in [0.5, 0.6) is 0 Å². The van der Waals surface area contributed by atoms with Gasteiger partial charge in [0.05, 0.1) is 10.9 Å². The molecule has 0 radical (unpaired) electrons. The highest BCUT2D eigenvalue weighted by Crippen LogP contribution is 2.38. The predicted molar refractivity (Wildman–Crippen MR) is 149 cm³/mol. The summed E-state index contributed by atoms with van der Waals surface area (Å²) in [6.45, 7) is 8.88. The molecule has 1 aliphatic rings. The third kappa shape index (κ3) is 5.49. The van der Waals surface area contributed by atoms with Crippen LogP contribution in [-0.2, 0) is 12.8 Å². The summed E-state index contributed by atoms with van der Waals surface area (Å²) in [5, 5.41) is 10.6. The van der Waals surface area contributed by atoms with Gasteiger partial charge in [0.1, 0.15) is 10.6 Å². The quantitative estimate of drug-likeness (QED) is 0.305. The van der Waals surface area contributed by atoms with Crippen molar-refractivity contribution in [3.05, 3.63) is 75.6 Å². The Morgan fingerprint density at radius 2 is 1.92 bits per heavy atom. The number of nitrogens with zero attached hydrogens (tertiary/aromatic N) is 2. The van der Waals surface area contributed by atoms with E-state index in [-0.39, 0.29) is 35.5 Å². The number of anilines is 1. The molecule has 0 aliphatic heterocycles. The van der Waals surface area contributed by atoms with E-state index in [9.17, 15) is 9.59 Å². The van der Waals surface area contributed by atoms with Gasteiger partial charge >= 0.3 is 0 Å². The molecule has 2 atom stereocenters. The van der Waals surface area contributed by atoms with E-state index in [1.165, 1.54) is 16.9 Å². The number of carbonyl (C=O) groups is 2. The van der Waals surface area contributed by atoms with Crippen molar-refractivity contribution in [3.8, 4) is 0 Å². The van der Waals surface area contributed by atoms with Crippen molar-refractivity contribution in [3.63, 3.8) is 0 Å². The predicted octanol–water partition coefficient (Wildman–Crippen LogP) is 5.43. The zero-order chi connectivity index (χ0) is 27.0. The molecule has 8 nitrogen and oxygen atoms in total. The molecule has 1 aromatic carbocycles. The first kappa shape index (κ1) is 26.1. The van der Waals surface area contributed by atoms with Gasteiger partial charge in [0, 0.05) is 29.4 Å². The minimum absolute atomic E-state index is 0.173. The lowest BCUT2D eigenvalue weighted by Crippen LogP contribution is -2.33. The minimum Gasteiger partial charge on any atom is -0.361 e. The second-order valence-electron chi connectivity index (χ2n) is 11.1. The molecule has 198 valence electrons. The van der Waals surface area contributed by atoms with Crippen LogP contribution in [-0.4, -0.2) is 28.5 Å². The first-order valence-corrected chi connectivity index (χ1v) is 13.7. The van der Waals surface area contributed by atoms with Crippen molar-refractivity contribution in [2.24, 2.45) is 17.1 Å². The van der Waals surface area contributed by atoms with Gasteiger partial charge in [-0.2, -0.15) is 0 Å². The Hall–Kier alpha value is -3.56. The van der Waals surface area contributed by atoms with Gasteiger partial charge in [-0.05, 0) is 72.9 Å². The highest BCUT2D eigenvalue weighted by Gasteiger charge is 2.30. The van der Waals surface area contributed by atoms with Crippen molar-refractivity contribution >= 4 is 39.1 Å². The average Bonchev–Trinajstić information content (AvgIpc) is 3.51. The molecule has 0 saturated carbocycles. The summed E-state index contributed by atoms with van der Waals surface area (Å²) in [6, 6.07) is 12.6. The molecule has 3 heterocycles. The molecular weight excluding hydrogens is 498 g/mol. The Morgan fingerprint density at radius 1 is 1.16 bits per heavy atom. The number of rotatable bonds is 6. The topological polar surface area (TPSA) is 123 Å². The molecule has 4 aromatic rings. The van der Waals surface area contributed by atoms with Gasteiger partial charge in [-0.15, -0.1) is 11.3 Å². The lowest BCUT2D eigenvalue weighted by atomic mass is 9.71. The van der Waals surface area contributed by atoms with Crippen LogP contribution in [0.1, 0.15) is 76.0 Å². The number of fused-ring (bicyclic) bond motifs is 2. The zero-order valence-electron chi connectivity index (χ0n) is 22.1. The Morgan fingerprint density at radius 3 is 2.58 bits per heavy atom. The van der Waals surface area contributed by atoms with E-state index in [4.69, 9.17) is 15.2 Å². The smallest absolute Gasteiger partial charge is 0.277 e. The summed E-state index contributed by atoms with van der Waals surface area (Å²) < 4.78 is 4.96. The molecule has 9 heteroatoms. The van der Waals surface area contributed by atoms with Crippen LogP contribution in [0.15, 0.2) is 47.0 Å². The fourth-order valence-electron chi connectivity index (χ4n) is 4.95. The normalized spacial score (nSPS) is 16.2. The van der Waals surface area contributed by atoms with Crippen LogP contribution in [0.3, 0.4) is 0 Å². The summed E-state index contributed by atoms with van der Waals surface area (Å²) in [5.74, 6) is 0.669. The first-order chi connectivity index (χ1) is 18.1. The van der Waals surface area contributed by atoms with Crippen molar-refractivity contribution in [2.45, 2.75) is 53.0 Å². The monoisotopic (exact) mass is 531 g/mol. The fourth-order valence-corrected chi connectivity index (χ4v) is 5.89. The third-order valence-corrected chi connectivity index (χ3v) is 8.34. The molecule has 0 saturated heterocycles. The average molecular weight is 532 g/mol. The van der Waals surface area contributed by atoms with E-state index >= 15 is 0 Å². The summed E-state index contributed by atoms with van der Waals surface area (Å²) in [5.41, 5.74) is 10.4. The van der Waals surface area contributed by atoms with E-state index in [1.54, 1.807) is 25.1 Å². The standard InChI is InChI=1S/C29H33N5O3S/c1-16-11-23(34-37-16)26(35)31-21-8-5-17(6-9-21)24(15-30)32-27(36)25-14-19-12-18-13-20(29(2,3)4)7-10-22(18)33-28(19)38-25/h5-6,8-9,11-12,14,20,24H,7,10,13,15,30H2,1-4H3,(H,31,35)(H,32,36)/t20-,24-/m1/s1. The summed E-state index contributed by atoms with van der Waals surface area (Å²) in [4.78, 5) is 31.9. The maximum Gasteiger partial charge on any atom is 0.277 e. The third-order valence-electron chi connectivity index (χ3n) is 7.29. The molecule has 0 unspecified atom stereocenters. The fraction of sp³-hybridized carbons (Fsp3) is 0.379. The van der Waals surface area contributed by atoms with Crippen molar-refractivity contribution in [1.82, 2.24) is 15.5 Å². The lowest BCUT2D eigenvalue weighted by molar-refractivity contribution is 0.0941. The number of aromatic nitrogens is 2. The molecule has 0 fully saturated rings. The van der Waals surface area contributed by atoms with Gasteiger partial charge in [-0.25, -0.2) is 4.98 Å². The molecule has 4 N–H and O–H groups in total. The molecule has 38 heavy (non-hydrogen) atoms. The summed E-state index contributed by atoms with van der Waals surface area (Å²) >= 11 is 1.42. The molecule has 5 rings (SSSR count). The van der Waals surface area contributed by atoms with Gasteiger partial charge < -0.3 is 20.9 Å². The van der Waals surface area contributed by atoms with E-state index in [2.05, 4.69) is 42.6 Å². The van der Waals surface area contributed by atoms with Gasteiger partial charge in [0.15, 0.2) is 5.69 Å². The Balaban J connectivity index is 1.27. The number of thiophene rings is 1. The summed E-state index contributed by atoms with van der Waals surface area (Å²) in [7, 11) is 0. The number of nitrogens with two attached hydrogens (primary N) is 1. The molecule has 2 amide bonds. The number of hydrogen-bond donors (Lipinski definition) is 3. The number of hydrogen-bond acceptors (Lipinski definition) is 7. The molecule has 0 spiro atoms. The number of pyridine rings is 1. The van der Waals surface area contributed by atoms with Gasteiger partial charge in [0.2, 0.25) is 0 Å². The Bertz CT molecular complexity index is 1480. The molecule has 3 aromatic heterocycles. The maximum absolute atomic E-state index is 13.2. The highest BCUT2D eigenvalue weighted by atomic mass is 32.1. The SMILES string of the molecule is Cc1cc(C(=O)Nc2ccc([C@@H](CN)NC(=O)c3cc4cc5c(nc4s3)CC[C@@H](C(C)(C)C)C5)cc2)no1. The Kier molecular flexibility index (Phi) is 7.07. The van der Waals surface area contributed by atoms with Crippen molar-refractivity contribution in [2.75, 3.05) is 11.9 Å². The molecule has 1 aliphatic carbocycles. The van der Waals surface area contributed by atoms with E-state index < -0.39 is 0 Å². The van der Waals surface area contributed by atoms with Crippen LogP contribution < -0.4 is 16.4 Å². The van der Waals surface area contributed by atoms with E-state index in [0.29, 0.717) is 22.2 Å². The number of benzene rings is 1. The van der Waals surface area contributed by atoms with E-state index in [1.807, 2.05) is 18.2 Å². The molecule has 0 bridgehead atoms. The number of aryl methyl sites for hydroxylation is 2. The van der Waals surface area contributed by atoms with Crippen LogP contribution in [0.25, 0.3) is 10.2 Å². The Labute approximate surface area is 226 Å². The van der Waals surface area contributed by atoms with Crippen molar-refractivity contribution < 1.29 is 14.1 Å². The maximum atomic E-state index is 13.2. The second-order valence-corrected chi connectivity index (χ2v) is 12.1. The van der Waals surface area contributed by atoms with Crippen LogP contribution in [0.2, 0.25) is 0 Å². The molecular formula is C29H33N5O3S. The van der Waals surface area contributed by atoms with E-state index in [0.717, 1.165) is 40.7 Å². The minimum atomic E-state index is -0.371. The van der Waals surface area contributed by atoms with Crippen LogP contribution in [0.4, 0.5) is 5.69 Å². The van der Waals surface area contributed by atoms with Gasteiger partial charge in [0.25, 0.3) is 11.8 Å². The number of nitrogens with one attached hydrogen (secondary N) is 2. The van der Waals surface area contributed by atoms with Gasteiger partial charge in [-0.1, -0.05) is 38.1 Å². The van der Waals surface area contributed by atoms with Gasteiger partial charge in [-0.3, -0.25) is 9.59 Å². The first-order valence-electron chi connectivity index (χ1n) is 12.9. The highest BCUT2D eigenvalue weighted by molar-refractivity contribution is 7.20. The zero-order valence-corrected chi connectivity index (χ0v) is 22.9. The summed E-state index contributed by atoms with van der Waals surface area (Å²) in [6.07, 6.45) is 3.16. The van der Waals surface area contributed by atoms with Crippen LogP contribution in [0, 0.1) is 18.3 Å². The van der Waals surface area contributed by atoms with Crippen LogP contribution >= 0.6 is 11.3 Å². The lowest BCUT2D eigenvalue weighted by Gasteiger charge is -2.34. The second kappa shape index (κ2) is 10.3. The number of amides is 2. The number of carbonyl (C=O) groups excluding carboxylic acids is 2. The van der Waals surface area contributed by atoms with Crippen molar-refractivity contribution in [1.29, 1.82) is 0 Å².